The van der Waals surface area contributed by atoms with Gasteiger partial charge in [0.15, 0.2) is 0 Å². The maximum atomic E-state index is 12.7. The lowest BCUT2D eigenvalue weighted by Gasteiger charge is -2.20. The normalized spacial score (nSPS) is 11.3. The predicted molar refractivity (Wildman–Crippen MR) is 134 cm³/mol. The Hall–Kier alpha value is -4.32. The van der Waals surface area contributed by atoms with Crippen LogP contribution in [0.3, 0.4) is 0 Å². The number of aryl methyl sites for hydroxylation is 2. The number of esters is 2. The minimum atomic E-state index is -0.391. The van der Waals surface area contributed by atoms with Crippen LogP contribution in [-0.2, 0) is 9.47 Å². The number of nitrogens with zero attached hydrogens (tertiary/aromatic N) is 2. The first kappa shape index (κ1) is 22.5. The van der Waals surface area contributed by atoms with Crippen LogP contribution in [0.4, 0.5) is 0 Å². The summed E-state index contributed by atoms with van der Waals surface area (Å²) in [6.45, 7) is 4.03. The highest BCUT2D eigenvalue weighted by Gasteiger charge is 2.29. The lowest BCUT2D eigenvalue weighted by atomic mass is 9.91. The summed E-state index contributed by atoms with van der Waals surface area (Å²) in [5.41, 5.74) is 7.37. The van der Waals surface area contributed by atoms with Gasteiger partial charge in [0.1, 0.15) is 0 Å². The molecule has 4 heterocycles. The summed E-state index contributed by atoms with van der Waals surface area (Å²) in [7, 11) is 2.78. The fourth-order valence-corrected chi connectivity index (χ4v) is 5.02. The van der Waals surface area contributed by atoms with Crippen LogP contribution >= 0.6 is 0 Å². The molecule has 4 aromatic heterocycles. The van der Waals surface area contributed by atoms with E-state index in [9.17, 15) is 9.59 Å². The van der Waals surface area contributed by atoms with Crippen LogP contribution in [0.1, 0.15) is 55.0 Å². The number of hydrogen-bond acceptors (Lipinski definition) is 4. The fraction of sp³-hybridized carbons (Fsp3) is 0.172. The van der Waals surface area contributed by atoms with Crippen LogP contribution in [-0.4, -0.2) is 35.0 Å². The molecule has 0 atom stereocenters. The van der Waals surface area contributed by atoms with Gasteiger partial charge in [0.25, 0.3) is 0 Å². The van der Waals surface area contributed by atoms with E-state index in [1.165, 1.54) is 14.2 Å². The topological polar surface area (TPSA) is 61.4 Å². The molecule has 0 unspecified atom stereocenters. The van der Waals surface area contributed by atoms with E-state index in [4.69, 9.17) is 9.47 Å². The molecule has 0 N–H and O–H groups in total. The molecule has 35 heavy (non-hydrogen) atoms. The van der Waals surface area contributed by atoms with Gasteiger partial charge >= 0.3 is 11.9 Å². The Balaban J connectivity index is 1.91. The average Bonchev–Trinajstić information content (AvgIpc) is 3.45. The molecule has 5 aromatic rings. The van der Waals surface area contributed by atoms with Crippen molar-refractivity contribution in [2.75, 3.05) is 14.2 Å². The smallest absolute Gasteiger partial charge is 0.340 e. The minimum Gasteiger partial charge on any atom is -0.465 e. The molecule has 0 aliphatic carbocycles. The largest absolute Gasteiger partial charge is 0.465 e. The molecule has 1 aromatic carbocycles. The van der Waals surface area contributed by atoms with Crippen LogP contribution < -0.4 is 0 Å². The molecule has 0 fully saturated rings. The van der Waals surface area contributed by atoms with Gasteiger partial charge in [-0.2, -0.15) is 0 Å². The quantitative estimate of drug-likeness (QED) is 0.318. The standard InChI is InChI=1S/C29H26N2O4/c1-18-10-8-14-23-21(28(32)34-3)16-25(30(18)23)27(20-12-6-5-7-13-20)26-17-22(29(33)35-4)24-15-9-11-19(2)31(24)26/h5-17,27H,1-4H3. The van der Waals surface area contributed by atoms with Crippen LogP contribution in [0.25, 0.3) is 11.0 Å². The second kappa shape index (κ2) is 8.80. The summed E-state index contributed by atoms with van der Waals surface area (Å²) in [6, 6.07) is 25.7. The zero-order chi connectivity index (χ0) is 24.7. The summed E-state index contributed by atoms with van der Waals surface area (Å²) in [5.74, 6) is -1.06. The monoisotopic (exact) mass is 466 g/mol. The zero-order valence-corrected chi connectivity index (χ0v) is 20.1. The Labute approximate surface area is 203 Å². The first-order valence-electron chi connectivity index (χ1n) is 11.4. The predicted octanol–water partition coefficient (Wildman–Crippen LogP) is 5.56. The Kier molecular flexibility index (Phi) is 5.65. The summed E-state index contributed by atoms with van der Waals surface area (Å²) < 4.78 is 14.4. The number of benzene rings is 1. The van der Waals surface area contributed by atoms with Gasteiger partial charge < -0.3 is 18.3 Å². The van der Waals surface area contributed by atoms with E-state index in [1.54, 1.807) is 0 Å². The lowest BCUT2D eigenvalue weighted by Crippen LogP contribution is -2.11. The van der Waals surface area contributed by atoms with Gasteiger partial charge in [-0.3, -0.25) is 0 Å². The second-order valence-corrected chi connectivity index (χ2v) is 8.57. The molecule has 0 amide bonds. The van der Waals surface area contributed by atoms with Gasteiger partial charge in [0, 0.05) is 22.8 Å². The number of methoxy groups -OCH3 is 2. The summed E-state index contributed by atoms with van der Waals surface area (Å²) in [5, 5.41) is 0. The molecule has 6 heteroatoms. The highest BCUT2D eigenvalue weighted by atomic mass is 16.5. The van der Waals surface area contributed by atoms with Crippen LogP contribution in [0.2, 0.25) is 0 Å². The Bertz CT molecular complexity index is 1480. The van der Waals surface area contributed by atoms with E-state index in [0.717, 1.165) is 39.4 Å². The number of pyridine rings is 2. The highest BCUT2D eigenvalue weighted by Crippen LogP contribution is 2.38. The van der Waals surface area contributed by atoms with Crippen molar-refractivity contribution in [3.05, 3.63) is 118 Å². The van der Waals surface area contributed by atoms with Crippen molar-refractivity contribution >= 4 is 23.0 Å². The van der Waals surface area contributed by atoms with Crippen molar-refractivity contribution in [1.29, 1.82) is 0 Å². The molecule has 0 aliphatic rings. The average molecular weight is 467 g/mol. The van der Waals surface area contributed by atoms with Gasteiger partial charge in [-0.15, -0.1) is 0 Å². The molecule has 0 aliphatic heterocycles. The molecule has 0 saturated heterocycles. The number of carbonyl (C=O) groups excluding carboxylic acids is 2. The third-order valence-electron chi connectivity index (χ3n) is 6.56. The number of ether oxygens (including phenoxy) is 2. The van der Waals surface area contributed by atoms with Gasteiger partial charge in [0.05, 0.1) is 42.3 Å². The number of aromatic nitrogens is 2. The number of carbonyl (C=O) groups is 2. The van der Waals surface area contributed by atoms with Crippen molar-refractivity contribution in [3.63, 3.8) is 0 Å². The minimum absolute atomic E-state index is 0.282. The van der Waals surface area contributed by atoms with Crippen molar-refractivity contribution in [2.24, 2.45) is 0 Å². The van der Waals surface area contributed by atoms with E-state index in [-0.39, 0.29) is 5.92 Å². The van der Waals surface area contributed by atoms with Crippen LogP contribution in [0.5, 0.6) is 0 Å². The fourth-order valence-electron chi connectivity index (χ4n) is 5.02. The Morgan fingerprint density at radius 2 is 1.11 bits per heavy atom. The molecular weight excluding hydrogens is 440 g/mol. The molecule has 0 spiro atoms. The first-order valence-corrected chi connectivity index (χ1v) is 11.4. The van der Waals surface area contributed by atoms with Crippen molar-refractivity contribution < 1.29 is 19.1 Å². The number of hydrogen-bond donors (Lipinski definition) is 0. The summed E-state index contributed by atoms with van der Waals surface area (Å²) in [4.78, 5) is 25.5. The van der Waals surface area contributed by atoms with Gasteiger partial charge in [-0.25, -0.2) is 9.59 Å². The highest BCUT2D eigenvalue weighted by molar-refractivity contribution is 5.99. The first-order chi connectivity index (χ1) is 17.0. The molecule has 0 saturated carbocycles. The van der Waals surface area contributed by atoms with E-state index in [2.05, 4.69) is 20.9 Å². The lowest BCUT2D eigenvalue weighted by molar-refractivity contribution is 0.0594. The molecule has 176 valence electrons. The maximum Gasteiger partial charge on any atom is 0.340 e. The molecule has 0 bridgehead atoms. The molecular formula is C29H26N2O4. The number of rotatable bonds is 5. The summed E-state index contributed by atoms with van der Waals surface area (Å²) >= 11 is 0. The third kappa shape index (κ3) is 3.58. The van der Waals surface area contributed by atoms with Crippen molar-refractivity contribution in [3.8, 4) is 0 Å². The second-order valence-electron chi connectivity index (χ2n) is 8.57. The van der Waals surface area contributed by atoms with Crippen molar-refractivity contribution in [1.82, 2.24) is 8.80 Å². The molecule has 5 rings (SSSR count). The Morgan fingerprint density at radius 1 is 0.657 bits per heavy atom. The molecule has 0 radical (unpaired) electrons. The van der Waals surface area contributed by atoms with Crippen LogP contribution in [0, 0.1) is 13.8 Å². The number of fused-ring (bicyclic) bond motifs is 2. The van der Waals surface area contributed by atoms with E-state index in [1.807, 2.05) is 80.6 Å². The Morgan fingerprint density at radius 3 is 1.54 bits per heavy atom. The van der Waals surface area contributed by atoms with E-state index >= 15 is 0 Å². The third-order valence-corrected chi connectivity index (χ3v) is 6.56. The maximum absolute atomic E-state index is 12.7. The van der Waals surface area contributed by atoms with Gasteiger partial charge in [-0.05, 0) is 55.8 Å². The SMILES string of the molecule is COC(=O)c1cc(C(c2ccccc2)c2cc(C(=O)OC)c3cccc(C)n23)n2c(C)cccc12. The van der Waals surface area contributed by atoms with Crippen LogP contribution in [0.15, 0.2) is 78.9 Å². The van der Waals surface area contributed by atoms with Gasteiger partial charge in [0.2, 0.25) is 0 Å². The summed E-state index contributed by atoms with van der Waals surface area (Å²) in [6.07, 6.45) is 0. The zero-order valence-electron chi connectivity index (χ0n) is 20.1. The van der Waals surface area contributed by atoms with E-state index < -0.39 is 11.9 Å². The van der Waals surface area contributed by atoms with Crippen molar-refractivity contribution in [2.45, 2.75) is 19.8 Å². The molecule has 6 nitrogen and oxygen atoms in total. The van der Waals surface area contributed by atoms with E-state index in [0.29, 0.717) is 11.1 Å². The van der Waals surface area contributed by atoms with Gasteiger partial charge in [-0.1, -0.05) is 42.5 Å².